The normalized spacial score (nSPS) is 18.9. The third-order valence-corrected chi connectivity index (χ3v) is 3.34. The van der Waals surface area contributed by atoms with Crippen molar-refractivity contribution in [3.8, 4) is 0 Å². The van der Waals surface area contributed by atoms with Crippen molar-refractivity contribution < 1.29 is 4.39 Å². The maximum atomic E-state index is 13.7. The molecule has 2 atom stereocenters. The van der Waals surface area contributed by atoms with E-state index in [0.717, 1.165) is 11.5 Å². The highest BCUT2D eigenvalue weighted by atomic mass is 19.1. The summed E-state index contributed by atoms with van der Waals surface area (Å²) in [5.41, 5.74) is 7.62. The average molecular weight is 258 g/mol. The van der Waals surface area contributed by atoms with Crippen LogP contribution in [0.25, 0.3) is 0 Å². The first-order valence-corrected chi connectivity index (χ1v) is 6.21. The van der Waals surface area contributed by atoms with Crippen LogP contribution in [0.2, 0.25) is 0 Å². The SMILES string of the molecule is N[C@H](c1ccccc1F)[C@H]1CNc2cccnc2N1. The molecule has 4 nitrogen and oxygen atoms in total. The van der Waals surface area contributed by atoms with Gasteiger partial charge < -0.3 is 16.4 Å². The van der Waals surface area contributed by atoms with Crippen LogP contribution in [0.15, 0.2) is 42.6 Å². The summed E-state index contributed by atoms with van der Waals surface area (Å²) >= 11 is 0. The van der Waals surface area contributed by atoms with Gasteiger partial charge in [0.2, 0.25) is 0 Å². The third kappa shape index (κ3) is 2.24. The smallest absolute Gasteiger partial charge is 0.149 e. The lowest BCUT2D eigenvalue weighted by Gasteiger charge is -2.31. The molecule has 1 aromatic carbocycles. The largest absolute Gasteiger partial charge is 0.380 e. The Hall–Kier alpha value is -2.14. The molecule has 2 aromatic rings. The zero-order chi connectivity index (χ0) is 13.2. The number of halogens is 1. The molecule has 2 heterocycles. The second kappa shape index (κ2) is 4.85. The Morgan fingerprint density at radius 1 is 1.26 bits per heavy atom. The maximum Gasteiger partial charge on any atom is 0.149 e. The molecule has 0 spiro atoms. The van der Waals surface area contributed by atoms with Crippen LogP contribution in [0.4, 0.5) is 15.9 Å². The number of rotatable bonds is 2. The van der Waals surface area contributed by atoms with E-state index < -0.39 is 6.04 Å². The highest BCUT2D eigenvalue weighted by Crippen LogP contribution is 2.27. The molecule has 3 rings (SSSR count). The van der Waals surface area contributed by atoms with Gasteiger partial charge in [-0.05, 0) is 18.2 Å². The van der Waals surface area contributed by atoms with E-state index >= 15 is 0 Å². The minimum Gasteiger partial charge on any atom is -0.380 e. The standard InChI is InChI=1S/C14H15FN4/c15-10-5-2-1-4-9(10)13(16)12-8-18-11-6-3-7-17-14(11)19-12/h1-7,12-13,18H,8,16H2,(H,17,19)/t12-,13-/m1/s1. The van der Waals surface area contributed by atoms with E-state index in [0.29, 0.717) is 12.1 Å². The number of aromatic nitrogens is 1. The van der Waals surface area contributed by atoms with Crippen LogP contribution >= 0.6 is 0 Å². The summed E-state index contributed by atoms with van der Waals surface area (Å²) in [5.74, 6) is 0.481. The molecule has 0 bridgehead atoms. The number of fused-ring (bicyclic) bond motifs is 1. The first-order valence-electron chi connectivity index (χ1n) is 6.21. The predicted molar refractivity (Wildman–Crippen MR) is 73.5 cm³/mol. The number of anilines is 2. The number of hydrogen-bond donors (Lipinski definition) is 3. The van der Waals surface area contributed by atoms with Gasteiger partial charge in [0, 0.05) is 18.3 Å². The lowest BCUT2D eigenvalue weighted by Crippen LogP contribution is -2.42. The molecule has 0 aliphatic carbocycles. The van der Waals surface area contributed by atoms with E-state index in [2.05, 4.69) is 15.6 Å². The fourth-order valence-corrected chi connectivity index (χ4v) is 2.29. The molecule has 19 heavy (non-hydrogen) atoms. The number of benzene rings is 1. The number of nitrogens with one attached hydrogen (secondary N) is 2. The maximum absolute atomic E-state index is 13.7. The molecular weight excluding hydrogens is 243 g/mol. The molecule has 0 fully saturated rings. The zero-order valence-corrected chi connectivity index (χ0v) is 10.3. The quantitative estimate of drug-likeness (QED) is 0.772. The summed E-state index contributed by atoms with van der Waals surface area (Å²) in [6.45, 7) is 0.633. The minimum atomic E-state index is -0.427. The highest BCUT2D eigenvalue weighted by molar-refractivity contribution is 5.66. The first-order chi connectivity index (χ1) is 9.25. The number of hydrogen-bond acceptors (Lipinski definition) is 4. The molecule has 0 saturated heterocycles. The van der Waals surface area contributed by atoms with E-state index in [-0.39, 0.29) is 11.9 Å². The summed E-state index contributed by atoms with van der Waals surface area (Å²) < 4.78 is 13.7. The third-order valence-electron chi connectivity index (χ3n) is 3.34. The lowest BCUT2D eigenvalue weighted by atomic mass is 9.98. The highest BCUT2D eigenvalue weighted by Gasteiger charge is 2.26. The van der Waals surface area contributed by atoms with Gasteiger partial charge in [0.05, 0.1) is 17.8 Å². The van der Waals surface area contributed by atoms with Crippen molar-refractivity contribution in [2.24, 2.45) is 5.73 Å². The Labute approximate surface area is 110 Å². The van der Waals surface area contributed by atoms with Crippen LogP contribution in [0, 0.1) is 5.82 Å². The van der Waals surface area contributed by atoms with Crippen LogP contribution in [-0.4, -0.2) is 17.6 Å². The van der Waals surface area contributed by atoms with Gasteiger partial charge in [0.1, 0.15) is 11.6 Å². The molecule has 1 aromatic heterocycles. The molecular formula is C14H15FN4. The molecule has 1 aliphatic heterocycles. The van der Waals surface area contributed by atoms with Crippen molar-refractivity contribution in [1.82, 2.24) is 4.98 Å². The Bertz CT molecular complexity index is 587. The molecule has 4 N–H and O–H groups in total. The van der Waals surface area contributed by atoms with E-state index in [9.17, 15) is 4.39 Å². The Balaban J connectivity index is 1.83. The van der Waals surface area contributed by atoms with Crippen LogP contribution in [0.1, 0.15) is 11.6 Å². The van der Waals surface area contributed by atoms with Crippen molar-refractivity contribution in [3.05, 3.63) is 54.0 Å². The predicted octanol–water partition coefficient (Wildman–Crippen LogP) is 2.13. The van der Waals surface area contributed by atoms with Gasteiger partial charge in [-0.2, -0.15) is 0 Å². The van der Waals surface area contributed by atoms with Crippen molar-refractivity contribution in [2.75, 3.05) is 17.2 Å². The van der Waals surface area contributed by atoms with Crippen LogP contribution in [0.5, 0.6) is 0 Å². The zero-order valence-electron chi connectivity index (χ0n) is 10.3. The minimum absolute atomic E-state index is 0.0979. The van der Waals surface area contributed by atoms with E-state index in [1.807, 2.05) is 12.1 Å². The van der Waals surface area contributed by atoms with Crippen molar-refractivity contribution in [1.29, 1.82) is 0 Å². The summed E-state index contributed by atoms with van der Waals surface area (Å²) in [6, 6.07) is 9.89. The van der Waals surface area contributed by atoms with Gasteiger partial charge in [-0.1, -0.05) is 18.2 Å². The Morgan fingerprint density at radius 2 is 2.11 bits per heavy atom. The van der Waals surface area contributed by atoms with Gasteiger partial charge in [-0.15, -0.1) is 0 Å². The summed E-state index contributed by atoms with van der Waals surface area (Å²) in [7, 11) is 0. The van der Waals surface area contributed by atoms with Gasteiger partial charge in [-0.3, -0.25) is 0 Å². The van der Waals surface area contributed by atoms with E-state index in [1.54, 1.807) is 24.4 Å². The van der Waals surface area contributed by atoms with Crippen LogP contribution in [-0.2, 0) is 0 Å². The number of nitrogens with zero attached hydrogens (tertiary/aromatic N) is 1. The first kappa shape index (κ1) is 11.9. The van der Waals surface area contributed by atoms with Gasteiger partial charge in [0.25, 0.3) is 0 Å². The fraction of sp³-hybridized carbons (Fsp3) is 0.214. The van der Waals surface area contributed by atoms with Gasteiger partial charge in [-0.25, -0.2) is 9.37 Å². The molecule has 5 heteroatoms. The fourth-order valence-electron chi connectivity index (χ4n) is 2.29. The van der Waals surface area contributed by atoms with Crippen LogP contribution < -0.4 is 16.4 Å². The summed E-state index contributed by atoms with van der Waals surface area (Å²) in [5, 5.41) is 6.51. The molecule has 0 unspecified atom stereocenters. The van der Waals surface area contributed by atoms with Crippen molar-refractivity contribution >= 4 is 11.5 Å². The molecule has 0 amide bonds. The van der Waals surface area contributed by atoms with Gasteiger partial charge in [0.15, 0.2) is 0 Å². The molecule has 0 radical (unpaired) electrons. The Kier molecular flexibility index (Phi) is 3.05. The molecule has 1 aliphatic rings. The topological polar surface area (TPSA) is 63.0 Å². The average Bonchev–Trinajstić information content (AvgIpc) is 2.46. The number of nitrogens with two attached hydrogens (primary N) is 1. The lowest BCUT2D eigenvalue weighted by molar-refractivity contribution is 0.539. The number of pyridine rings is 1. The molecule has 0 saturated carbocycles. The monoisotopic (exact) mass is 258 g/mol. The molecule has 98 valence electrons. The summed E-state index contributed by atoms with van der Waals surface area (Å²) in [6.07, 6.45) is 1.71. The van der Waals surface area contributed by atoms with Gasteiger partial charge >= 0.3 is 0 Å². The van der Waals surface area contributed by atoms with E-state index in [1.165, 1.54) is 6.07 Å². The second-order valence-corrected chi connectivity index (χ2v) is 4.58. The Morgan fingerprint density at radius 3 is 2.95 bits per heavy atom. The van der Waals surface area contributed by atoms with Crippen LogP contribution in [0.3, 0.4) is 0 Å². The van der Waals surface area contributed by atoms with Crippen molar-refractivity contribution in [3.63, 3.8) is 0 Å². The van der Waals surface area contributed by atoms with E-state index in [4.69, 9.17) is 5.73 Å². The van der Waals surface area contributed by atoms with Crippen molar-refractivity contribution in [2.45, 2.75) is 12.1 Å². The second-order valence-electron chi connectivity index (χ2n) is 4.58. The summed E-state index contributed by atoms with van der Waals surface area (Å²) in [4.78, 5) is 4.25.